The van der Waals surface area contributed by atoms with Crippen molar-refractivity contribution in [1.29, 1.82) is 0 Å². The molecule has 0 fully saturated rings. The Kier molecular flexibility index (Phi) is 8.22. The van der Waals surface area contributed by atoms with Crippen molar-refractivity contribution in [2.75, 3.05) is 0 Å². The van der Waals surface area contributed by atoms with Crippen LogP contribution >= 0.6 is 17.2 Å². The Bertz CT molecular complexity index is 1110. The Morgan fingerprint density at radius 2 is 1.14 bits per heavy atom. The number of H-pyrrole nitrogens is 2. The zero-order chi connectivity index (χ0) is 27.3. The molecule has 0 saturated heterocycles. The summed E-state index contributed by atoms with van der Waals surface area (Å²) < 4.78 is 0. The molecule has 0 aliphatic heterocycles. The van der Waals surface area contributed by atoms with E-state index in [-0.39, 0.29) is 16.0 Å². The number of benzene rings is 1. The molecule has 1 unspecified atom stereocenters. The van der Waals surface area contributed by atoms with Crippen molar-refractivity contribution >= 4 is 54.3 Å². The standard InChI is InChI=1S/C30H50N2P2Si2/c1-28(2,3)30(33,29(4,5)6)25-18-27(36(10,11)12)26(35(7,8)9)17-22(25)21-34(23-13-15-31-19-23)24-14-16-32-20-24/h13-20,31-32H,21,33H2,1-12H3. The van der Waals surface area contributed by atoms with Gasteiger partial charge in [-0.1, -0.05) is 103 Å². The number of nitrogens with one attached hydrogen (secondary N) is 2. The van der Waals surface area contributed by atoms with Crippen LogP contribution in [0.5, 0.6) is 0 Å². The van der Waals surface area contributed by atoms with Gasteiger partial charge in [-0.3, -0.25) is 0 Å². The number of aromatic amines is 2. The quantitative estimate of drug-likeness (QED) is 0.227. The molecule has 0 bridgehead atoms. The van der Waals surface area contributed by atoms with Gasteiger partial charge in [0.05, 0.1) is 16.1 Å². The fourth-order valence-corrected chi connectivity index (χ4v) is 13.5. The normalized spacial score (nSPS) is 14.1. The van der Waals surface area contributed by atoms with Crippen molar-refractivity contribution in [2.45, 2.75) is 92.1 Å². The highest BCUT2D eigenvalue weighted by atomic mass is 31.1. The average Bonchev–Trinajstić information content (AvgIpc) is 3.42. The third-order valence-electron chi connectivity index (χ3n) is 7.77. The van der Waals surface area contributed by atoms with Gasteiger partial charge in [-0.15, -0.1) is 9.24 Å². The molecule has 0 aliphatic rings. The van der Waals surface area contributed by atoms with Gasteiger partial charge in [-0.05, 0) is 52.6 Å². The second-order valence-corrected chi connectivity index (χ2v) is 27.7. The van der Waals surface area contributed by atoms with Crippen molar-refractivity contribution < 1.29 is 0 Å². The molecule has 2 heterocycles. The highest BCUT2D eigenvalue weighted by Crippen LogP contribution is 2.59. The van der Waals surface area contributed by atoms with Crippen LogP contribution < -0.4 is 21.0 Å². The minimum absolute atomic E-state index is 0.0704. The third-order valence-corrected chi connectivity index (χ3v) is 16.6. The van der Waals surface area contributed by atoms with Gasteiger partial charge in [0.25, 0.3) is 0 Å². The molecule has 3 aromatic rings. The van der Waals surface area contributed by atoms with Crippen LogP contribution in [0.15, 0.2) is 49.1 Å². The van der Waals surface area contributed by atoms with Gasteiger partial charge in [0.15, 0.2) is 0 Å². The Hall–Kier alpha value is -0.926. The monoisotopic (exact) mass is 556 g/mol. The van der Waals surface area contributed by atoms with E-state index in [1.165, 1.54) is 10.6 Å². The van der Waals surface area contributed by atoms with Crippen LogP contribution in [0, 0.1) is 10.8 Å². The fourth-order valence-electron chi connectivity index (χ4n) is 5.78. The molecule has 0 aliphatic carbocycles. The fraction of sp³-hybridized carbons (Fsp3) is 0.533. The van der Waals surface area contributed by atoms with E-state index in [9.17, 15) is 0 Å². The maximum absolute atomic E-state index is 3.40. The van der Waals surface area contributed by atoms with Crippen LogP contribution in [-0.2, 0) is 11.3 Å². The highest BCUT2D eigenvalue weighted by molar-refractivity contribution is 7.72. The average molecular weight is 557 g/mol. The Balaban J connectivity index is 2.41. The van der Waals surface area contributed by atoms with E-state index in [4.69, 9.17) is 0 Å². The molecule has 198 valence electrons. The van der Waals surface area contributed by atoms with Crippen molar-refractivity contribution in [3.8, 4) is 0 Å². The van der Waals surface area contributed by atoms with Crippen LogP contribution in [0.1, 0.15) is 52.7 Å². The van der Waals surface area contributed by atoms with Crippen LogP contribution in [0.4, 0.5) is 0 Å². The van der Waals surface area contributed by atoms with Crippen LogP contribution in [0.3, 0.4) is 0 Å². The molecule has 3 rings (SSSR count). The van der Waals surface area contributed by atoms with Crippen molar-refractivity contribution in [3.63, 3.8) is 0 Å². The highest BCUT2D eigenvalue weighted by Gasteiger charge is 2.50. The summed E-state index contributed by atoms with van der Waals surface area (Å²) in [6.07, 6.45) is 9.62. The summed E-state index contributed by atoms with van der Waals surface area (Å²) in [5.41, 5.74) is 3.24. The maximum atomic E-state index is 3.40. The van der Waals surface area contributed by atoms with E-state index in [0.29, 0.717) is 0 Å². The molecule has 0 radical (unpaired) electrons. The van der Waals surface area contributed by atoms with Crippen LogP contribution in [0.25, 0.3) is 0 Å². The number of rotatable bonds is 7. The second kappa shape index (κ2) is 9.99. The predicted molar refractivity (Wildman–Crippen MR) is 174 cm³/mol. The van der Waals surface area contributed by atoms with Crippen molar-refractivity contribution in [3.05, 3.63) is 60.2 Å². The second-order valence-electron chi connectivity index (χ2n) is 14.6. The topological polar surface area (TPSA) is 31.6 Å². The molecule has 0 spiro atoms. The lowest BCUT2D eigenvalue weighted by Gasteiger charge is -2.53. The Labute approximate surface area is 226 Å². The molecule has 36 heavy (non-hydrogen) atoms. The molecule has 6 heteroatoms. The molecule has 2 nitrogen and oxygen atoms in total. The number of hydrogen-bond acceptors (Lipinski definition) is 0. The molecule has 2 N–H and O–H groups in total. The van der Waals surface area contributed by atoms with E-state index in [0.717, 1.165) is 6.16 Å². The summed E-state index contributed by atoms with van der Waals surface area (Å²) in [5.74, 6) is 0. The summed E-state index contributed by atoms with van der Waals surface area (Å²) in [6, 6.07) is 9.92. The number of aromatic nitrogens is 2. The van der Waals surface area contributed by atoms with Gasteiger partial charge in [0.2, 0.25) is 0 Å². The van der Waals surface area contributed by atoms with Crippen molar-refractivity contribution in [2.24, 2.45) is 10.8 Å². The molecule has 0 saturated carbocycles. The number of hydrogen-bond donors (Lipinski definition) is 2. The van der Waals surface area contributed by atoms with E-state index in [1.807, 2.05) is 0 Å². The largest absolute Gasteiger partial charge is 0.367 e. The molecule has 0 amide bonds. The van der Waals surface area contributed by atoms with Gasteiger partial charge in [-0.25, -0.2) is 0 Å². The van der Waals surface area contributed by atoms with Crippen LogP contribution in [-0.4, -0.2) is 26.1 Å². The molecule has 1 aromatic carbocycles. The van der Waals surface area contributed by atoms with E-state index in [1.54, 1.807) is 21.5 Å². The van der Waals surface area contributed by atoms with E-state index < -0.39 is 24.1 Å². The van der Waals surface area contributed by atoms with E-state index in [2.05, 4.69) is 149 Å². The van der Waals surface area contributed by atoms with Gasteiger partial charge < -0.3 is 9.97 Å². The summed E-state index contributed by atoms with van der Waals surface area (Å²) in [6.45, 7) is 29.7. The molecular weight excluding hydrogens is 506 g/mol. The first-order valence-electron chi connectivity index (χ1n) is 13.3. The van der Waals surface area contributed by atoms with Gasteiger partial charge in [0, 0.05) is 36.1 Å². The van der Waals surface area contributed by atoms with Crippen molar-refractivity contribution in [1.82, 2.24) is 9.97 Å². The lowest BCUT2D eigenvalue weighted by atomic mass is 9.62. The molecule has 1 atom stereocenters. The minimum Gasteiger partial charge on any atom is -0.367 e. The summed E-state index contributed by atoms with van der Waals surface area (Å²) in [5, 5.41) is 6.11. The summed E-state index contributed by atoms with van der Waals surface area (Å²) in [4.78, 5) is 6.66. The Morgan fingerprint density at radius 1 is 0.722 bits per heavy atom. The summed E-state index contributed by atoms with van der Waals surface area (Å²) in [7, 11) is -0.237. The first kappa shape index (κ1) is 29.6. The van der Waals surface area contributed by atoms with Gasteiger partial charge in [-0.2, -0.15) is 0 Å². The maximum Gasteiger partial charge on any atom is 0.0774 e. The van der Waals surface area contributed by atoms with Crippen LogP contribution in [0.2, 0.25) is 39.3 Å². The zero-order valence-corrected chi connectivity index (χ0v) is 28.9. The van der Waals surface area contributed by atoms with Gasteiger partial charge in [0.1, 0.15) is 0 Å². The summed E-state index contributed by atoms with van der Waals surface area (Å²) >= 11 is 0. The third kappa shape index (κ3) is 5.73. The molecular formula is C30H50N2P2Si2. The smallest absolute Gasteiger partial charge is 0.0774 e. The predicted octanol–water partition coefficient (Wildman–Crippen LogP) is 7.23. The van der Waals surface area contributed by atoms with Gasteiger partial charge >= 0.3 is 0 Å². The first-order valence-corrected chi connectivity index (χ1v) is 22.4. The van der Waals surface area contributed by atoms with E-state index >= 15 is 0 Å². The lowest BCUT2D eigenvalue weighted by molar-refractivity contribution is 0.139. The SMILES string of the molecule is CC(C)(C)C(P)(c1cc([Si](C)(C)C)c([Si](C)(C)C)cc1CP(c1cc[nH]c1)c1cc[nH]c1)C(C)(C)C. The first-order chi connectivity index (χ1) is 16.3. The lowest BCUT2D eigenvalue weighted by Crippen LogP contribution is -2.57. The Morgan fingerprint density at radius 3 is 1.47 bits per heavy atom. The molecule has 2 aromatic heterocycles. The zero-order valence-electron chi connectivity index (χ0n) is 24.9. The minimum atomic E-state index is -1.56.